The van der Waals surface area contributed by atoms with Gasteiger partial charge in [0, 0.05) is 36.0 Å². The number of aromatic nitrogens is 2. The number of imidazole rings is 1. The number of hydrogen-bond donors (Lipinski definition) is 2. The van der Waals surface area contributed by atoms with E-state index in [0.717, 1.165) is 68.9 Å². The number of aliphatic carboxylic acids is 1. The van der Waals surface area contributed by atoms with Crippen molar-refractivity contribution in [3.63, 3.8) is 0 Å². The van der Waals surface area contributed by atoms with E-state index in [9.17, 15) is 15.0 Å². The second kappa shape index (κ2) is 17.2. The first-order valence-electron chi connectivity index (χ1n) is 19.6. The molecule has 5 aromatic rings. The summed E-state index contributed by atoms with van der Waals surface area (Å²) in [6.07, 6.45) is 2.23. The molecule has 1 fully saturated rings. The highest BCUT2D eigenvalue weighted by molar-refractivity contribution is 5.81. The molecule has 3 heterocycles. The molecule has 56 heavy (non-hydrogen) atoms. The standard InChI is InChI=1S/C46H57N3O7/c1-30-17-18-39(50)37(25-30)35-15-12-16-36(26-35)38-27-49-42(47-38)33(4)32(3)40(41(44(51)52)56-45(5,6)7)43(49)48-21-19-46(8,20-22-48)55-24-23-53-28-31(2)54-29-34-13-10-9-11-14-34/h9-18,25-27,31,41,50H,19-24,28-29H2,1-8H3,(H,51,52)/t31-,41+/m1/s1. The summed E-state index contributed by atoms with van der Waals surface area (Å²) in [6.45, 7) is 19.0. The molecule has 298 valence electrons. The van der Waals surface area contributed by atoms with Gasteiger partial charge in [0.15, 0.2) is 6.10 Å². The lowest BCUT2D eigenvalue weighted by Gasteiger charge is -2.42. The Morgan fingerprint density at radius 1 is 0.929 bits per heavy atom. The van der Waals surface area contributed by atoms with Crippen molar-refractivity contribution in [2.75, 3.05) is 37.8 Å². The van der Waals surface area contributed by atoms with Crippen LogP contribution in [0.3, 0.4) is 0 Å². The van der Waals surface area contributed by atoms with Gasteiger partial charge in [-0.25, -0.2) is 9.78 Å². The van der Waals surface area contributed by atoms with Crippen LogP contribution in [0.4, 0.5) is 5.82 Å². The van der Waals surface area contributed by atoms with E-state index in [1.165, 1.54) is 0 Å². The van der Waals surface area contributed by atoms with E-state index >= 15 is 0 Å². The molecule has 2 atom stereocenters. The molecule has 6 rings (SSSR count). The van der Waals surface area contributed by atoms with Crippen LogP contribution < -0.4 is 4.90 Å². The zero-order valence-corrected chi connectivity index (χ0v) is 34.1. The van der Waals surface area contributed by atoms with Crippen LogP contribution >= 0.6 is 0 Å². The van der Waals surface area contributed by atoms with Gasteiger partial charge >= 0.3 is 5.97 Å². The number of aromatic hydroxyl groups is 1. The molecule has 1 aliphatic rings. The molecular formula is C46H57N3O7. The van der Waals surface area contributed by atoms with Crippen LogP contribution in [0.2, 0.25) is 0 Å². The van der Waals surface area contributed by atoms with Crippen molar-refractivity contribution in [2.45, 2.75) is 98.2 Å². The molecule has 2 N–H and O–H groups in total. The normalized spacial score (nSPS) is 15.6. The zero-order valence-electron chi connectivity index (χ0n) is 34.1. The maximum absolute atomic E-state index is 13.1. The molecule has 2 aromatic heterocycles. The summed E-state index contributed by atoms with van der Waals surface area (Å²) in [5, 5.41) is 21.4. The fourth-order valence-corrected chi connectivity index (χ4v) is 7.36. The van der Waals surface area contributed by atoms with Crippen LogP contribution in [0.5, 0.6) is 5.75 Å². The number of pyridine rings is 1. The number of ether oxygens (including phenoxy) is 4. The lowest BCUT2D eigenvalue weighted by molar-refractivity contribution is -0.160. The van der Waals surface area contributed by atoms with E-state index < -0.39 is 17.7 Å². The number of carbonyl (C=O) groups is 1. The summed E-state index contributed by atoms with van der Waals surface area (Å²) < 4.78 is 26.7. The molecule has 0 unspecified atom stereocenters. The van der Waals surface area contributed by atoms with Gasteiger partial charge in [-0.05, 0) is 109 Å². The quantitative estimate of drug-likeness (QED) is 0.101. The Balaban J connectivity index is 1.24. The number of phenolic OH excluding ortho intramolecular Hbond substituents is 1. The minimum atomic E-state index is -1.20. The highest BCUT2D eigenvalue weighted by Crippen LogP contribution is 2.41. The van der Waals surface area contributed by atoms with Crippen LogP contribution in [-0.2, 0) is 30.3 Å². The van der Waals surface area contributed by atoms with Gasteiger partial charge in [-0.1, -0.05) is 60.2 Å². The van der Waals surface area contributed by atoms with Crippen LogP contribution in [0.1, 0.15) is 81.4 Å². The Morgan fingerprint density at radius 3 is 2.34 bits per heavy atom. The van der Waals surface area contributed by atoms with Crippen molar-refractivity contribution in [1.29, 1.82) is 0 Å². The van der Waals surface area contributed by atoms with Gasteiger partial charge in [0.1, 0.15) is 17.2 Å². The number of phenols is 1. The van der Waals surface area contributed by atoms with Gasteiger partial charge in [0.2, 0.25) is 0 Å². The monoisotopic (exact) mass is 763 g/mol. The predicted octanol–water partition coefficient (Wildman–Crippen LogP) is 9.24. The van der Waals surface area contributed by atoms with Crippen LogP contribution in [0.25, 0.3) is 28.0 Å². The van der Waals surface area contributed by atoms with E-state index in [1.807, 2.05) is 126 Å². The molecule has 0 aliphatic carbocycles. The van der Waals surface area contributed by atoms with Crippen LogP contribution in [0, 0.1) is 20.8 Å². The first-order valence-corrected chi connectivity index (χ1v) is 19.6. The van der Waals surface area contributed by atoms with E-state index in [2.05, 4.69) is 11.8 Å². The average Bonchev–Trinajstić information content (AvgIpc) is 3.61. The maximum atomic E-state index is 13.1. The largest absolute Gasteiger partial charge is 0.507 e. The first-order chi connectivity index (χ1) is 26.6. The Morgan fingerprint density at radius 2 is 1.64 bits per heavy atom. The van der Waals surface area contributed by atoms with Gasteiger partial charge in [-0.2, -0.15) is 0 Å². The van der Waals surface area contributed by atoms with E-state index in [0.29, 0.717) is 45.1 Å². The third kappa shape index (κ3) is 9.61. The number of anilines is 1. The third-order valence-corrected chi connectivity index (χ3v) is 10.6. The molecule has 10 heteroatoms. The fraction of sp³-hybridized carbons (Fsp3) is 0.435. The van der Waals surface area contributed by atoms with Crippen molar-refractivity contribution in [3.8, 4) is 28.1 Å². The summed E-state index contributed by atoms with van der Waals surface area (Å²) in [7, 11) is 0. The van der Waals surface area contributed by atoms with Crippen molar-refractivity contribution in [3.05, 3.63) is 107 Å². The Labute approximate surface area is 331 Å². The second-order valence-electron chi connectivity index (χ2n) is 16.3. The van der Waals surface area contributed by atoms with E-state index in [-0.39, 0.29) is 17.5 Å². The van der Waals surface area contributed by atoms with Crippen molar-refractivity contribution < 1.29 is 34.0 Å². The number of benzene rings is 3. The number of carboxylic acid groups (broad SMARTS) is 1. The molecule has 1 aliphatic heterocycles. The lowest BCUT2D eigenvalue weighted by atomic mass is 9.92. The summed E-state index contributed by atoms with van der Waals surface area (Å²) in [6, 6.07) is 23.7. The third-order valence-electron chi connectivity index (χ3n) is 10.6. The highest BCUT2D eigenvalue weighted by atomic mass is 16.6. The summed E-state index contributed by atoms with van der Waals surface area (Å²) >= 11 is 0. The summed E-state index contributed by atoms with van der Waals surface area (Å²) in [5.74, 6) is -0.0631. The van der Waals surface area contributed by atoms with E-state index in [4.69, 9.17) is 23.9 Å². The molecule has 3 aromatic carbocycles. The van der Waals surface area contributed by atoms with Crippen LogP contribution in [-0.4, -0.2) is 75.8 Å². The van der Waals surface area contributed by atoms with Gasteiger partial charge in [0.05, 0.1) is 49.4 Å². The smallest absolute Gasteiger partial charge is 0.337 e. The second-order valence-corrected chi connectivity index (χ2v) is 16.3. The van der Waals surface area contributed by atoms with Gasteiger partial charge < -0.3 is 34.1 Å². The van der Waals surface area contributed by atoms with Crippen molar-refractivity contribution in [2.24, 2.45) is 0 Å². The number of rotatable bonds is 15. The molecule has 0 spiro atoms. The molecular weight excluding hydrogens is 707 g/mol. The van der Waals surface area contributed by atoms with Crippen molar-refractivity contribution in [1.82, 2.24) is 9.38 Å². The molecule has 0 radical (unpaired) electrons. The minimum absolute atomic E-state index is 0.0379. The van der Waals surface area contributed by atoms with Crippen LogP contribution in [0.15, 0.2) is 79.0 Å². The minimum Gasteiger partial charge on any atom is -0.507 e. The molecule has 10 nitrogen and oxygen atoms in total. The number of carboxylic acids is 1. The Hall–Kier alpha value is -4.74. The molecule has 0 amide bonds. The number of fused-ring (bicyclic) bond motifs is 1. The maximum Gasteiger partial charge on any atom is 0.337 e. The lowest BCUT2D eigenvalue weighted by Crippen LogP contribution is -2.46. The predicted molar refractivity (Wildman–Crippen MR) is 220 cm³/mol. The Bertz CT molecular complexity index is 2130. The number of aryl methyl sites for hydroxylation is 2. The number of piperidine rings is 1. The Kier molecular flexibility index (Phi) is 12.5. The van der Waals surface area contributed by atoms with Gasteiger partial charge in [-0.3, -0.25) is 4.40 Å². The zero-order chi connectivity index (χ0) is 40.2. The van der Waals surface area contributed by atoms with E-state index in [1.54, 1.807) is 6.07 Å². The summed E-state index contributed by atoms with van der Waals surface area (Å²) in [5.41, 5.74) is 7.47. The average molecular weight is 764 g/mol. The van der Waals surface area contributed by atoms with Gasteiger partial charge in [-0.15, -0.1) is 0 Å². The number of nitrogens with zero attached hydrogens (tertiary/aromatic N) is 3. The molecule has 0 bridgehead atoms. The molecule has 0 saturated carbocycles. The number of hydrogen-bond acceptors (Lipinski definition) is 8. The fourth-order valence-electron chi connectivity index (χ4n) is 7.36. The highest BCUT2D eigenvalue weighted by Gasteiger charge is 2.38. The summed E-state index contributed by atoms with van der Waals surface area (Å²) in [4.78, 5) is 20.5. The topological polar surface area (TPSA) is 115 Å². The SMILES string of the molecule is Cc1ccc(O)c(-c2cccc(-c3cn4c(N5CCC(C)(OCCOC[C@@H](C)OCc6ccccc6)CC5)c([C@H](OC(C)(C)C)C(=O)O)c(C)c(C)c4n3)c2)c1. The van der Waals surface area contributed by atoms with Gasteiger partial charge in [0.25, 0.3) is 0 Å². The first kappa shape index (κ1) is 40.9. The molecule has 1 saturated heterocycles. The van der Waals surface area contributed by atoms with Crippen molar-refractivity contribution >= 4 is 17.4 Å².